The van der Waals surface area contributed by atoms with E-state index in [1.165, 1.54) is 25.3 Å². The fourth-order valence-electron chi connectivity index (χ4n) is 3.89. The number of nitrogens with zero attached hydrogens (tertiary/aromatic N) is 6. The van der Waals surface area contributed by atoms with E-state index in [0.29, 0.717) is 37.8 Å². The molecule has 14 heteroatoms. The van der Waals surface area contributed by atoms with Gasteiger partial charge in [0.15, 0.2) is 0 Å². The molecule has 0 radical (unpaired) electrons. The summed E-state index contributed by atoms with van der Waals surface area (Å²) >= 11 is -0.336. The van der Waals surface area contributed by atoms with Crippen LogP contribution in [0.25, 0.3) is 11.3 Å². The summed E-state index contributed by atoms with van der Waals surface area (Å²) in [5.41, 5.74) is 7.04. The molecule has 0 saturated carbocycles. The Hall–Kier alpha value is -4.91. The van der Waals surface area contributed by atoms with Crippen LogP contribution in [0, 0.1) is 13.8 Å². The molecular formula is C29H26N8O4SSe. The van der Waals surface area contributed by atoms with Crippen molar-refractivity contribution < 1.29 is 18.3 Å². The zero-order valence-corrected chi connectivity index (χ0v) is 25.8. The Balaban J connectivity index is 1.34. The Morgan fingerprint density at radius 3 is 2.33 bits per heavy atom. The molecule has 0 aliphatic heterocycles. The molecule has 0 aliphatic rings. The first kappa shape index (κ1) is 29.6. The van der Waals surface area contributed by atoms with Crippen molar-refractivity contribution in [3.63, 3.8) is 0 Å². The van der Waals surface area contributed by atoms with Gasteiger partial charge in [0.05, 0.1) is 0 Å². The molecule has 0 unspecified atom stereocenters. The summed E-state index contributed by atoms with van der Waals surface area (Å²) in [6, 6.07) is 22.3. The Morgan fingerprint density at radius 1 is 0.907 bits per heavy atom. The number of hydrogen-bond donors (Lipinski definition) is 3. The van der Waals surface area contributed by atoms with E-state index in [2.05, 4.69) is 35.4 Å². The molecule has 12 nitrogen and oxygen atoms in total. The Morgan fingerprint density at radius 2 is 1.63 bits per heavy atom. The van der Waals surface area contributed by atoms with Crippen LogP contribution in [0.3, 0.4) is 0 Å². The molecule has 0 aliphatic carbocycles. The molecule has 0 amide bonds. The van der Waals surface area contributed by atoms with Crippen molar-refractivity contribution in [2.24, 2.45) is 15.3 Å². The molecule has 43 heavy (non-hydrogen) atoms. The summed E-state index contributed by atoms with van der Waals surface area (Å²) in [6.45, 7) is 3.53. The molecule has 218 valence electrons. The van der Waals surface area contributed by atoms with Gasteiger partial charge in [0.25, 0.3) is 0 Å². The van der Waals surface area contributed by atoms with Gasteiger partial charge in [-0.1, -0.05) is 0 Å². The quantitative estimate of drug-likeness (QED) is 0.0755. The molecule has 0 bridgehead atoms. The van der Waals surface area contributed by atoms with Gasteiger partial charge in [-0.15, -0.1) is 0 Å². The summed E-state index contributed by atoms with van der Waals surface area (Å²) in [5, 5.41) is 22.9. The van der Waals surface area contributed by atoms with E-state index in [4.69, 9.17) is 9.72 Å². The van der Waals surface area contributed by atoms with E-state index in [1.807, 2.05) is 30.3 Å². The molecule has 0 atom stereocenters. The monoisotopic (exact) mass is 662 g/mol. The first-order chi connectivity index (χ1) is 20.7. The molecule has 2 aromatic heterocycles. The molecule has 2 heterocycles. The zero-order valence-electron chi connectivity index (χ0n) is 23.3. The second-order valence-corrected chi connectivity index (χ2v) is 12.8. The van der Waals surface area contributed by atoms with Gasteiger partial charge < -0.3 is 0 Å². The maximum atomic E-state index is 12.9. The molecule has 0 fully saturated rings. The van der Waals surface area contributed by atoms with Gasteiger partial charge in [0.1, 0.15) is 0 Å². The van der Waals surface area contributed by atoms with Crippen LogP contribution in [0.15, 0.2) is 99.1 Å². The van der Waals surface area contributed by atoms with Crippen LogP contribution in [-0.4, -0.2) is 56.3 Å². The van der Waals surface area contributed by atoms with Crippen LogP contribution in [0.4, 0.5) is 20.9 Å². The van der Waals surface area contributed by atoms with Crippen LogP contribution < -0.4 is 14.9 Å². The van der Waals surface area contributed by atoms with Gasteiger partial charge in [-0.3, -0.25) is 0 Å². The third-order valence-corrected chi connectivity index (χ3v) is 8.96. The van der Waals surface area contributed by atoms with Gasteiger partial charge >= 0.3 is 235 Å². The first-order valence-corrected chi connectivity index (χ1v) is 16.0. The third kappa shape index (κ3) is 7.49. The average Bonchev–Trinajstić information content (AvgIpc) is 3.39. The first-order valence-electron chi connectivity index (χ1n) is 12.8. The number of azo groups is 1. The number of aromatic hydroxyl groups is 1. The number of hydrazone groups is 1. The topological polar surface area (TPSA) is 163 Å². The van der Waals surface area contributed by atoms with E-state index in [0.717, 1.165) is 11.1 Å². The van der Waals surface area contributed by atoms with Gasteiger partial charge in [-0.2, -0.15) is 0 Å². The second-order valence-electron chi connectivity index (χ2n) is 9.11. The van der Waals surface area contributed by atoms with Gasteiger partial charge in [-0.25, -0.2) is 0 Å². The molecule has 5 aromatic rings. The fourth-order valence-corrected chi connectivity index (χ4v) is 6.43. The Labute approximate surface area is 254 Å². The van der Waals surface area contributed by atoms with Gasteiger partial charge in [0.2, 0.25) is 0 Å². The van der Waals surface area contributed by atoms with Crippen LogP contribution in [0.1, 0.15) is 17.0 Å². The number of methoxy groups -OCH3 is 1. The maximum absolute atomic E-state index is 12.9. The number of rotatable bonds is 10. The minimum atomic E-state index is -3.89. The fraction of sp³-hybridized carbons (Fsp3) is 0.103. The van der Waals surface area contributed by atoms with Crippen LogP contribution in [0.2, 0.25) is 0 Å². The van der Waals surface area contributed by atoms with Crippen LogP contribution in [-0.2, 0) is 10.0 Å². The summed E-state index contributed by atoms with van der Waals surface area (Å²) in [4.78, 5) is 13.0. The van der Waals surface area contributed by atoms with Crippen molar-refractivity contribution >= 4 is 51.6 Å². The van der Waals surface area contributed by atoms with E-state index in [1.54, 1.807) is 50.4 Å². The van der Waals surface area contributed by atoms with E-state index in [9.17, 15) is 13.5 Å². The SMILES string of the molecule is COc1cc(/C=N/Nc2nc(-c3ccccc3)c(N=Nc3ccc(S(=O)(=O)Nc4nc(C)cc(C)n4)cc3)[se]2)ccc1O. The molecule has 5 rings (SSSR count). The minimum absolute atomic E-state index is 0.0154. The zero-order chi connectivity index (χ0) is 30.4. The van der Waals surface area contributed by atoms with Crippen molar-refractivity contribution in [3.05, 3.63) is 95.8 Å². The molecule has 0 spiro atoms. The summed E-state index contributed by atoms with van der Waals surface area (Å²) in [5.74, 6) is 0.406. The Bertz CT molecular complexity index is 1890. The number of nitrogens with one attached hydrogen (secondary N) is 2. The molecule has 3 aromatic carbocycles. The molecule has 3 N–H and O–H groups in total. The van der Waals surface area contributed by atoms with Crippen molar-refractivity contribution in [3.8, 4) is 22.8 Å². The van der Waals surface area contributed by atoms with Crippen molar-refractivity contribution in [2.45, 2.75) is 18.7 Å². The van der Waals surface area contributed by atoms with Gasteiger partial charge in [0, 0.05) is 0 Å². The predicted octanol–water partition coefficient (Wildman–Crippen LogP) is 5.59. The number of ether oxygens (including phenoxy) is 1. The number of phenolic OH excluding ortho intramolecular Hbond substituents is 1. The average molecular weight is 662 g/mol. The Kier molecular flexibility index (Phi) is 8.90. The van der Waals surface area contributed by atoms with Crippen molar-refractivity contribution in [1.82, 2.24) is 15.0 Å². The number of sulfonamides is 1. The number of phenols is 1. The van der Waals surface area contributed by atoms with Crippen molar-refractivity contribution in [1.29, 1.82) is 0 Å². The number of aryl methyl sites for hydroxylation is 2. The number of hydrogen-bond acceptors (Lipinski definition) is 11. The second kappa shape index (κ2) is 12.9. The van der Waals surface area contributed by atoms with Gasteiger partial charge in [-0.05, 0) is 19.9 Å². The summed E-state index contributed by atoms with van der Waals surface area (Å²) in [6.07, 6.45) is 1.60. The predicted molar refractivity (Wildman–Crippen MR) is 165 cm³/mol. The normalized spacial score (nSPS) is 11.7. The van der Waals surface area contributed by atoms with Crippen LogP contribution >= 0.6 is 0 Å². The number of anilines is 2. The number of aromatic nitrogens is 3. The van der Waals surface area contributed by atoms with Crippen molar-refractivity contribution in [2.75, 3.05) is 17.3 Å². The van der Waals surface area contributed by atoms with E-state index < -0.39 is 10.0 Å². The van der Waals surface area contributed by atoms with E-state index >= 15 is 0 Å². The summed E-state index contributed by atoms with van der Waals surface area (Å²) in [7, 11) is -2.41. The number of benzene rings is 3. The molecular weight excluding hydrogens is 635 g/mol. The summed E-state index contributed by atoms with van der Waals surface area (Å²) < 4.78 is 34.6. The molecule has 0 saturated heterocycles. The standard InChI is InChI=1S/C29H26N8O4SSe/c1-18-15-19(2)32-28(31-18)37-42(39,40)23-12-10-22(11-13-23)34-35-27-26(21-7-5-4-6-8-21)33-29(43-27)36-30-17-20-9-14-24(38)25(16-20)41-3/h4-17,38H,1-3H3,(H,33,36)(H,31,32,37)/b30-17+,35-34?. The third-order valence-electron chi connectivity index (χ3n) is 5.85. The van der Waals surface area contributed by atoms with Crippen LogP contribution in [0.5, 0.6) is 11.5 Å². The van der Waals surface area contributed by atoms with E-state index in [-0.39, 0.29) is 31.1 Å².